The fourth-order valence-electron chi connectivity index (χ4n) is 1.11. The highest BCUT2D eigenvalue weighted by molar-refractivity contribution is 9.10. The number of carbonyl (C=O) groups excluding carboxylic acids is 1. The van der Waals surface area contributed by atoms with E-state index in [-0.39, 0.29) is 5.56 Å². The van der Waals surface area contributed by atoms with Crippen molar-refractivity contribution >= 4 is 32.4 Å². The van der Waals surface area contributed by atoms with Crippen LogP contribution >= 0.6 is 15.9 Å². The van der Waals surface area contributed by atoms with Crippen molar-refractivity contribution in [1.82, 2.24) is 0 Å². The fourth-order valence-corrected chi connectivity index (χ4v) is 1.54. The van der Waals surface area contributed by atoms with Crippen LogP contribution in [0.2, 0.25) is 0 Å². The third-order valence-electron chi connectivity index (χ3n) is 1.92. The Morgan fingerprint density at radius 2 is 1.45 bits per heavy atom. The summed E-state index contributed by atoms with van der Waals surface area (Å²) in [4.78, 5) is 15.0. The highest BCUT2D eigenvalue weighted by Crippen LogP contribution is 2.05. The Bertz CT molecular complexity index is 664. The van der Waals surface area contributed by atoms with E-state index in [1.54, 1.807) is 18.2 Å². The third-order valence-corrected chi connectivity index (χ3v) is 2.65. The second-order valence-corrected chi connectivity index (χ2v) is 4.83. The molecular weight excluding hydrogens is 346 g/mol. The summed E-state index contributed by atoms with van der Waals surface area (Å²) in [6.45, 7) is 0. The second kappa shape index (κ2) is 9.00. The molecule has 2 rings (SSSR count). The first-order chi connectivity index (χ1) is 9.59. The highest BCUT2D eigenvalue weighted by Gasteiger charge is 2.04. The Hall–Kier alpha value is -1.99. The number of hydrogen-bond acceptors (Lipinski definition) is 5. The number of carbonyl (C=O) groups is 1. The average Bonchev–Trinajstić information content (AvgIpc) is 2.47. The lowest BCUT2D eigenvalue weighted by molar-refractivity contribution is 0.0524. The molecule has 0 heterocycles. The van der Waals surface area contributed by atoms with Gasteiger partial charge in [-0.25, -0.2) is 4.79 Å². The Morgan fingerprint density at radius 3 is 1.85 bits per heavy atom. The molecule has 0 fully saturated rings. The SMILES string of the molecule is Brc1ccccc1.O=C(ON=S(=O)=O)c1ccccc1. The molecule has 0 aromatic heterocycles. The van der Waals surface area contributed by atoms with E-state index < -0.39 is 16.5 Å². The monoisotopic (exact) mass is 355 g/mol. The summed E-state index contributed by atoms with van der Waals surface area (Å²) in [5, 5.41) is 0. The molecule has 2 aromatic rings. The van der Waals surface area contributed by atoms with Crippen LogP contribution in [0, 0.1) is 0 Å². The molecule has 0 aliphatic carbocycles. The molecule has 0 amide bonds. The molecule has 104 valence electrons. The van der Waals surface area contributed by atoms with Gasteiger partial charge < -0.3 is 0 Å². The van der Waals surface area contributed by atoms with Gasteiger partial charge in [0.25, 0.3) is 0 Å². The van der Waals surface area contributed by atoms with Crippen LogP contribution in [0.3, 0.4) is 0 Å². The van der Waals surface area contributed by atoms with Crippen molar-refractivity contribution in [2.45, 2.75) is 0 Å². The molecule has 20 heavy (non-hydrogen) atoms. The minimum Gasteiger partial charge on any atom is -0.298 e. The van der Waals surface area contributed by atoms with Crippen molar-refractivity contribution in [3.63, 3.8) is 0 Å². The molecule has 5 nitrogen and oxygen atoms in total. The van der Waals surface area contributed by atoms with Crippen LogP contribution in [-0.2, 0) is 15.3 Å². The number of benzene rings is 2. The quantitative estimate of drug-likeness (QED) is 0.775. The van der Waals surface area contributed by atoms with Crippen molar-refractivity contribution in [1.29, 1.82) is 0 Å². The molecule has 7 heteroatoms. The summed E-state index contributed by atoms with van der Waals surface area (Å²) in [5.41, 5.74) is 0.247. The first kappa shape index (κ1) is 16.1. The van der Waals surface area contributed by atoms with Gasteiger partial charge in [-0.3, -0.25) is 4.84 Å². The van der Waals surface area contributed by atoms with E-state index in [4.69, 9.17) is 0 Å². The minimum atomic E-state index is -2.73. The summed E-state index contributed by atoms with van der Waals surface area (Å²) in [6.07, 6.45) is 0. The molecule has 0 saturated carbocycles. The summed E-state index contributed by atoms with van der Waals surface area (Å²) in [7, 11) is -2.73. The first-order valence-electron chi connectivity index (χ1n) is 5.37. The van der Waals surface area contributed by atoms with E-state index in [9.17, 15) is 13.2 Å². The maximum Gasteiger partial charge on any atom is 0.367 e. The topological polar surface area (TPSA) is 72.8 Å². The molecule has 0 atom stereocenters. The summed E-state index contributed by atoms with van der Waals surface area (Å²) < 4.78 is 23.5. The second-order valence-electron chi connectivity index (χ2n) is 3.33. The minimum absolute atomic E-state index is 0.247. The molecule has 0 aliphatic rings. The molecule has 0 spiro atoms. The lowest BCUT2D eigenvalue weighted by atomic mass is 10.2. The van der Waals surface area contributed by atoms with Gasteiger partial charge in [0.15, 0.2) is 0 Å². The van der Waals surface area contributed by atoms with Gasteiger partial charge in [0.1, 0.15) is 0 Å². The molecule has 0 bridgehead atoms. The van der Waals surface area contributed by atoms with E-state index in [1.807, 2.05) is 30.3 Å². The summed E-state index contributed by atoms with van der Waals surface area (Å²) in [5.74, 6) is -0.801. The maximum atomic E-state index is 11.0. The van der Waals surface area contributed by atoms with Crippen molar-refractivity contribution in [3.8, 4) is 0 Å². The predicted molar refractivity (Wildman–Crippen MR) is 77.3 cm³/mol. The van der Waals surface area contributed by atoms with E-state index in [0.717, 1.165) is 4.47 Å². The summed E-state index contributed by atoms with van der Waals surface area (Å²) in [6, 6.07) is 17.9. The van der Waals surface area contributed by atoms with Gasteiger partial charge >= 0.3 is 16.5 Å². The van der Waals surface area contributed by atoms with E-state index in [2.05, 4.69) is 25.3 Å². The molecule has 0 N–H and O–H groups in total. The third kappa shape index (κ3) is 6.81. The number of nitrogens with zero attached hydrogens (tertiary/aromatic N) is 1. The van der Waals surface area contributed by atoms with Crippen LogP contribution in [0.25, 0.3) is 0 Å². The largest absolute Gasteiger partial charge is 0.367 e. The van der Waals surface area contributed by atoms with Crippen LogP contribution < -0.4 is 0 Å². The molecule has 0 unspecified atom stereocenters. The van der Waals surface area contributed by atoms with Crippen LogP contribution in [0.15, 0.2) is 69.7 Å². The zero-order chi connectivity index (χ0) is 14.8. The Labute approximate surface area is 126 Å². The van der Waals surface area contributed by atoms with Crippen LogP contribution in [-0.4, -0.2) is 14.4 Å². The number of rotatable bonds is 2. The van der Waals surface area contributed by atoms with Gasteiger partial charge in [0.2, 0.25) is 0 Å². The normalized spacial score (nSPS) is 8.85. The maximum absolute atomic E-state index is 11.0. The Balaban J connectivity index is 0.000000240. The van der Waals surface area contributed by atoms with Crippen LogP contribution in [0.1, 0.15) is 10.4 Å². The van der Waals surface area contributed by atoms with Gasteiger partial charge in [0, 0.05) is 4.47 Å². The Kier molecular flexibility index (Phi) is 7.23. The standard InChI is InChI=1S/C7H5NO4S.C6H5Br/c9-7(12-8-13(10)11)6-4-2-1-3-5-6;7-6-4-2-1-3-5-6/h1-5H;1-5H. The van der Waals surface area contributed by atoms with Gasteiger partial charge in [-0.2, -0.15) is 8.42 Å². The fraction of sp³-hybridized carbons (Fsp3) is 0. The molecular formula is C13H10BrNO4S. The lowest BCUT2D eigenvalue weighted by Crippen LogP contribution is -1.99. The first-order valence-corrected chi connectivity index (χ1v) is 7.19. The molecule has 2 aromatic carbocycles. The van der Waals surface area contributed by atoms with Crippen LogP contribution in [0.4, 0.5) is 0 Å². The van der Waals surface area contributed by atoms with Crippen molar-refractivity contribution in [2.75, 3.05) is 0 Å². The van der Waals surface area contributed by atoms with Gasteiger partial charge in [0.05, 0.1) is 10.1 Å². The van der Waals surface area contributed by atoms with E-state index in [1.165, 1.54) is 12.1 Å². The smallest absolute Gasteiger partial charge is 0.298 e. The van der Waals surface area contributed by atoms with Gasteiger partial charge in [-0.15, -0.1) is 0 Å². The molecule has 0 aliphatic heterocycles. The molecule has 0 radical (unpaired) electrons. The zero-order valence-corrected chi connectivity index (χ0v) is 12.5. The predicted octanol–water partition coefficient (Wildman–Crippen LogP) is 3.27. The van der Waals surface area contributed by atoms with Crippen LogP contribution in [0.5, 0.6) is 0 Å². The average molecular weight is 356 g/mol. The van der Waals surface area contributed by atoms with Gasteiger partial charge in [-0.1, -0.05) is 52.3 Å². The summed E-state index contributed by atoms with van der Waals surface area (Å²) >= 11 is 3.31. The van der Waals surface area contributed by atoms with E-state index in [0.29, 0.717) is 0 Å². The highest BCUT2D eigenvalue weighted by atomic mass is 79.9. The van der Waals surface area contributed by atoms with E-state index >= 15 is 0 Å². The van der Waals surface area contributed by atoms with Crippen molar-refractivity contribution in [2.24, 2.45) is 4.53 Å². The lowest BCUT2D eigenvalue weighted by Gasteiger charge is -1.93. The zero-order valence-electron chi connectivity index (χ0n) is 10.1. The number of halogens is 1. The Morgan fingerprint density at radius 1 is 0.950 bits per heavy atom. The van der Waals surface area contributed by atoms with Gasteiger partial charge in [-0.05, 0) is 24.3 Å². The van der Waals surface area contributed by atoms with Crippen molar-refractivity contribution < 1.29 is 18.0 Å². The van der Waals surface area contributed by atoms with Crippen molar-refractivity contribution in [3.05, 3.63) is 70.7 Å². The molecule has 0 saturated heterocycles. The number of hydrogen-bond donors (Lipinski definition) is 0.